The molecule has 0 spiro atoms. The lowest BCUT2D eigenvalue weighted by Gasteiger charge is -2.31. The number of carbonyl (C=O) groups is 1. The highest BCUT2D eigenvalue weighted by Crippen LogP contribution is 2.33. The SMILES string of the molecule is Cc1c(-c2cnc3c(n2)N(CCC2CCOCC2)CC(=O)N3)ccc(-c2ncn[nH]2)c1F.[HH]. The van der Waals surface area contributed by atoms with Crippen molar-refractivity contribution in [1.82, 2.24) is 25.1 Å². The standard InChI is InChI=1S/C22H24FN7O2.H2/c1-13-15(2-3-16(19(13)23)20-25-12-26-29-20)17-10-24-21-22(27-17)30(11-18(31)28-21)7-4-14-5-8-32-9-6-14;/h2-3,10,12,14H,4-9,11H2,1H3,(H,24,28,31)(H,25,26,29);1H. The van der Waals surface area contributed by atoms with Crippen LogP contribution in [0.2, 0.25) is 0 Å². The topological polar surface area (TPSA) is 109 Å². The fourth-order valence-corrected chi connectivity index (χ4v) is 4.28. The van der Waals surface area contributed by atoms with Crippen molar-refractivity contribution in [1.29, 1.82) is 0 Å². The van der Waals surface area contributed by atoms with Crippen molar-refractivity contribution in [2.45, 2.75) is 26.2 Å². The Labute approximate surface area is 185 Å². The number of H-pyrrole nitrogens is 1. The zero-order valence-corrected chi connectivity index (χ0v) is 17.8. The first-order valence-electron chi connectivity index (χ1n) is 10.7. The van der Waals surface area contributed by atoms with Crippen molar-refractivity contribution in [3.8, 4) is 22.6 Å². The summed E-state index contributed by atoms with van der Waals surface area (Å²) < 4.78 is 20.5. The Hall–Kier alpha value is -3.40. The van der Waals surface area contributed by atoms with Gasteiger partial charge in [0.2, 0.25) is 5.91 Å². The summed E-state index contributed by atoms with van der Waals surface area (Å²) in [4.78, 5) is 27.4. The molecule has 0 bridgehead atoms. The lowest BCUT2D eigenvalue weighted by Crippen LogP contribution is -2.40. The van der Waals surface area contributed by atoms with E-state index in [1.54, 1.807) is 25.3 Å². The van der Waals surface area contributed by atoms with E-state index in [1.165, 1.54) is 6.33 Å². The number of aromatic nitrogens is 5. The molecule has 168 valence electrons. The molecule has 0 atom stereocenters. The van der Waals surface area contributed by atoms with Crippen molar-refractivity contribution in [3.63, 3.8) is 0 Å². The molecule has 2 aliphatic heterocycles. The van der Waals surface area contributed by atoms with Crippen molar-refractivity contribution in [3.05, 3.63) is 36.0 Å². The molecule has 4 heterocycles. The van der Waals surface area contributed by atoms with Crippen molar-refractivity contribution in [2.24, 2.45) is 5.92 Å². The molecule has 0 radical (unpaired) electrons. The molecule has 5 rings (SSSR count). The summed E-state index contributed by atoms with van der Waals surface area (Å²) in [5.41, 5.74) is 1.99. The number of amides is 1. The number of carbonyl (C=O) groups excluding carboxylic acids is 1. The summed E-state index contributed by atoms with van der Waals surface area (Å²) >= 11 is 0. The van der Waals surface area contributed by atoms with Crippen LogP contribution < -0.4 is 10.2 Å². The number of nitrogens with zero attached hydrogens (tertiary/aromatic N) is 5. The Morgan fingerprint density at radius 3 is 2.84 bits per heavy atom. The van der Waals surface area contributed by atoms with E-state index in [-0.39, 0.29) is 19.7 Å². The van der Waals surface area contributed by atoms with Crippen LogP contribution in [-0.4, -0.2) is 57.4 Å². The minimum atomic E-state index is -0.386. The molecule has 9 nitrogen and oxygen atoms in total. The lowest BCUT2D eigenvalue weighted by atomic mass is 9.96. The molecule has 3 aromatic rings. The zero-order chi connectivity index (χ0) is 22.1. The Bertz CT molecular complexity index is 1140. The first-order valence-corrected chi connectivity index (χ1v) is 10.7. The number of halogens is 1. The molecular formula is C22H26FN7O2. The van der Waals surface area contributed by atoms with Crippen molar-refractivity contribution in [2.75, 3.05) is 36.5 Å². The maximum atomic E-state index is 15.1. The van der Waals surface area contributed by atoms with E-state index >= 15 is 4.39 Å². The fraction of sp³-hybridized carbons (Fsp3) is 0.409. The van der Waals surface area contributed by atoms with E-state index in [4.69, 9.17) is 9.72 Å². The number of hydrogen-bond acceptors (Lipinski definition) is 7. The van der Waals surface area contributed by atoms with E-state index in [0.29, 0.717) is 52.3 Å². The number of fused-ring (bicyclic) bond motifs is 1. The van der Waals surface area contributed by atoms with Gasteiger partial charge in [-0.05, 0) is 43.7 Å². The predicted molar refractivity (Wildman–Crippen MR) is 119 cm³/mol. The number of aromatic amines is 1. The Kier molecular flexibility index (Phi) is 5.52. The minimum absolute atomic E-state index is 0. The summed E-state index contributed by atoms with van der Waals surface area (Å²) in [6.45, 7) is 4.23. The smallest absolute Gasteiger partial charge is 0.245 e. The van der Waals surface area contributed by atoms with E-state index in [1.807, 2.05) is 4.90 Å². The van der Waals surface area contributed by atoms with Crippen LogP contribution in [0.5, 0.6) is 0 Å². The second-order valence-corrected chi connectivity index (χ2v) is 8.18. The van der Waals surface area contributed by atoms with Gasteiger partial charge in [0.25, 0.3) is 0 Å². The quantitative estimate of drug-likeness (QED) is 0.628. The Balaban J connectivity index is 0.00000259. The van der Waals surface area contributed by atoms with Gasteiger partial charge in [0.1, 0.15) is 12.1 Å². The molecule has 1 fully saturated rings. The van der Waals surface area contributed by atoms with Gasteiger partial charge < -0.3 is 15.0 Å². The third-order valence-electron chi connectivity index (χ3n) is 6.13. The van der Waals surface area contributed by atoms with Crippen LogP contribution in [0, 0.1) is 18.7 Å². The van der Waals surface area contributed by atoms with Gasteiger partial charge in [-0.2, -0.15) is 5.10 Å². The summed E-state index contributed by atoms with van der Waals surface area (Å²) in [5.74, 6) is 1.51. The number of anilines is 2. The average Bonchev–Trinajstić information content (AvgIpc) is 3.34. The summed E-state index contributed by atoms with van der Waals surface area (Å²) in [5, 5.41) is 9.27. The van der Waals surface area contributed by atoms with Gasteiger partial charge in [-0.1, -0.05) is 6.07 Å². The maximum Gasteiger partial charge on any atom is 0.245 e. The van der Waals surface area contributed by atoms with Crippen LogP contribution in [0.4, 0.5) is 16.0 Å². The van der Waals surface area contributed by atoms with Gasteiger partial charge in [0.05, 0.1) is 24.0 Å². The summed E-state index contributed by atoms with van der Waals surface area (Å²) in [6, 6.07) is 3.46. The molecule has 2 N–H and O–H groups in total. The van der Waals surface area contributed by atoms with Crippen LogP contribution in [-0.2, 0) is 9.53 Å². The van der Waals surface area contributed by atoms with Crippen LogP contribution in [0.25, 0.3) is 22.6 Å². The van der Waals surface area contributed by atoms with Crippen molar-refractivity contribution < 1.29 is 15.3 Å². The number of ether oxygens (including phenoxy) is 1. The second kappa shape index (κ2) is 8.62. The number of benzene rings is 1. The van der Waals surface area contributed by atoms with Crippen LogP contribution >= 0.6 is 0 Å². The highest BCUT2D eigenvalue weighted by atomic mass is 19.1. The molecule has 1 amide bonds. The third kappa shape index (κ3) is 3.93. The number of rotatable bonds is 5. The monoisotopic (exact) mass is 439 g/mol. The highest BCUT2D eigenvalue weighted by molar-refractivity contribution is 5.99. The molecule has 0 saturated carbocycles. The van der Waals surface area contributed by atoms with Gasteiger partial charge in [-0.3, -0.25) is 9.89 Å². The normalized spacial score (nSPS) is 16.7. The molecule has 2 aliphatic rings. The van der Waals surface area contributed by atoms with Gasteiger partial charge in [-0.25, -0.2) is 19.3 Å². The van der Waals surface area contributed by atoms with E-state index in [2.05, 4.69) is 25.5 Å². The van der Waals surface area contributed by atoms with E-state index < -0.39 is 0 Å². The van der Waals surface area contributed by atoms with E-state index in [0.717, 1.165) is 32.5 Å². The van der Waals surface area contributed by atoms with Gasteiger partial charge in [0.15, 0.2) is 17.5 Å². The second-order valence-electron chi connectivity index (χ2n) is 8.18. The first-order chi connectivity index (χ1) is 15.6. The Morgan fingerprint density at radius 1 is 1.25 bits per heavy atom. The lowest BCUT2D eigenvalue weighted by molar-refractivity contribution is -0.115. The third-order valence-corrected chi connectivity index (χ3v) is 6.13. The first kappa shape index (κ1) is 20.5. The molecule has 10 heteroatoms. The number of hydrogen-bond donors (Lipinski definition) is 2. The molecule has 1 aromatic carbocycles. The van der Waals surface area contributed by atoms with Gasteiger partial charge >= 0.3 is 0 Å². The van der Waals surface area contributed by atoms with Crippen molar-refractivity contribution >= 4 is 17.5 Å². The summed E-state index contributed by atoms with van der Waals surface area (Å²) in [7, 11) is 0. The molecule has 0 unspecified atom stereocenters. The van der Waals surface area contributed by atoms with Gasteiger partial charge in [0, 0.05) is 26.7 Å². The van der Waals surface area contributed by atoms with Crippen LogP contribution in [0.15, 0.2) is 24.7 Å². The van der Waals surface area contributed by atoms with E-state index in [9.17, 15) is 4.79 Å². The molecule has 2 aromatic heterocycles. The highest BCUT2D eigenvalue weighted by Gasteiger charge is 2.27. The molecule has 0 aliphatic carbocycles. The molecular weight excluding hydrogens is 413 g/mol. The molecule has 1 saturated heterocycles. The van der Waals surface area contributed by atoms with Crippen LogP contribution in [0.3, 0.4) is 0 Å². The predicted octanol–water partition coefficient (Wildman–Crippen LogP) is 3.20. The van der Waals surface area contributed by atoms with Crippen LogP contribution in [0.1, 0.15) is 26.3 Å². The fourth-order valence-electron chi connectivity index (χ4n) is 4.28. The largest absolute Gasteiger partial charge is 0.381 e. The zero-order valence-electron chi connectivity index (χ0n) is 17.8. The Morgan fingerprint density at radius 2 is 2.06 bits per heavy atom. The van der Waals surface area contributed by atoms with Gasteiger partial charge in [-0.15, -0.1) is 0 Å². The average molecular weight is 439 g/mol. The minimum Gasteiger partial charge on any atom is -0.381 e. The maximum absolute atomic E-state index is 15.1. The molecule has 32 heavy (non-hydrogen) atoms. The number of nitrogens with one attached hydrogen (secondary N) is 2. The summed E-state index contributed by atoms with van der Waals surface area (Å²) in [6.07, 6.45) is 5.94.